The molecule has 1 N–H and O–H groups in total. The van der Waals surface area contributed by atoms with E-state index in [0.717, 1.165) is 18.0 Å². The summed E-state index contributed by atoms with van der Waals surface area (Å²) in [5.74, 6) is 0.864. The zero-order valence-corrected chi connectivity index (χ0v) is 13.0. The van der Waals surface area contributed by atoms with Crippen LogP contribution in [0.1, 0.15) is 66.2 Å². The van der Waals surface area contributed by atoms with Crippen LogP contribution in [0.25, 0.3) is 0 Å². The first-order valence-corrected chi connectivity index (χ1v) is 8.17. The monoisotopic (exact) mass is 254 g/mol. The van der Waals surface area contributed by atoms with E-state index in [1.165, 1.54) is 58.2 Å². The molecule has 2 heteroatoms. The Hall–Kier alpha value is -0.0800. The van der Waals surface area contributed by atoms with Crippen LogP contribution in [0.15, 0.2) is 0 Å². The molecule has 0 radical (unpaired) electrons. The summed E-state index contributed by atoms with van der Waals surface area (Å²) in [6.07, 6.45) is 7.92. The van der Waals surface area contributed by atoms with Gasteiger partial charge in [0, 0.05) is 12.1 Å². The third-order valence-electron chi connectivity index (χ3n) is 4.48. The van der Waals surface area contributed by atoms with Crippen molar-refractivity contribution in [2.45, 2.75) is 78.3 Å². The molecule has 0 aromatic carbocycles. The lowest BCUT2D eigenvalue weighted by molar-refractivity contribution is 0.186. The van der Waals surface area contributed by atoms with Crippen LogP contribution < -0.4 is 5.32 Å². The van der Waals surface area contributed by atoms with Gasteiger partial charge in [0.2, 0.25) is 0 Å². The van der Waals surface area contributed by atoms with Crippen LogP contribution >= 0.6 is 0 Å². The van der Waals surface area contributed by atoms with Crippen molar-refractivity contribution in [1.82, 2.24) is 10.2 Å². The van der Waals surface area contributed by atoms with Gasteiger partial charge in [-0.3, -0.25) is 0 Å². The number of rotatable bonds is 8. The number of likely N-dealkylation sites (tertiary alicyclic amines) is 1. The van der Waals surface area contributed by atoms with E-state index < -0.39 is 0 Å². The van der Waals surface area contributed by atoms with E-state index >= 15 is 0 Å². The van der Waals surface area contributed by atoms with Crippen LogP contribution in [0, 0.1) is 5.92 Å². The summed E-state index contributed by atoms with van der Waals surface area (Å²) in [7, 11) is 0. The lowest BCUT2D eigenvalue weighted by Crippen LogP contribution is -2.46. The minimum atomic E-state index is 0.739. The molecule has 2 nitrogen and oxygen atoms in total. The van der Waals surface area contributed by atoms with Gasteiger partial charge >= 0.3 is 0 Å². The van der Waals surface area contributed by atoms with Crippen molar-refractivity contribution in [3.63, 3.8) is 0 Å². The van der Waals surface area contributed by atoms with E-state index in [0.29, 0.717) is 0 Å². The zero-order valence-electron chi connectivity index (χ0n) is 13.0. The molecule has 1 heterocycles. The van der Waals surface area contributed by atoms with E-state index in [1.807, 2.05) is 0 Å². The number of nitrogens with zero attached hydrogens (tertiary/aromatic N) is 1. The molecule has 0 amide bonds. The summed E-state index contributed by atoms with van der Waals surface area (Å²) in [5, 5.41) is 3.91. The quantitative estimate of drug-likeness (QED) is 0.711. The molecule has 108 valence electrons. The first-order chi connectivity index (χ1) is 8.69. The van der Waals surface area contributed by atoms with Crippen molar-refractivity contribution in [1.29, 1.82) is 0 Å². The molecular formula is C16H34N2. The molecule has 2 atom stereocenters. The number of piperidine rings is 1. The fourth-order valence-electron chi connectivity index (χ4n) is 2.98. The van der Waals surface area contributed by atoms with Crippen molar-refractivity contribution in [2.75, 3.05) is 19.6 Å². The van der Waals surface area contributed by atoms with Crippen LogP contribution in [-0.2, 0) is 0 Å². The molecule has 1 aliphatic heterocycles. The summed E-state index contributed by atoms with van der Waals surface area (Å²) in [4.78, 5) is 2.62. The van der Waals surface area contributed by atoms with Crippen molar-refractivity contribution in [2.24, 2.45) is 5.92 Å². The molecule has 0 bridgehead atoms. The second-order valence-corrected chi connectivity index (χ2v) is 6.14. The summed E-state index contributed by atoms with van der Waals surface area (Å²) in [6, 6.07) is 1.51. The topological polar surface area (TPSA) is 15.3 Å². The van der Waals surface area contributed by atoms with Crippen LogP contribution in [0.5, 0.6) is 0 Å². The molecule has 0 aromatic rings. The molecule has 1 fully saturated rings. The molecule has 0 saturated carbocycles. The Balaban J connectivity index is 2.25. The second-order valence-electron chi connectivity index (χ2n) is 6.14. The summed E-state index contributed by atoms with van der Waals surface area (Å²) >= 11 is 0. The fraction of sp³-hybridized carbons (Fsp3) is 1.00. The molecule has 0 spiro atoms. The normalized spacial score (nSPS) is 22.0. The highest BCUT2D eigenvalue weighted by Crippen LogP contribution is 2.16. The Morgan fingerprint density at radius 2 is 1.78 bits per heavy atom. The maximum absolute atomic E-state index is 3.91. The maximum atomic E-state index is 3.91. The number of hydrogen-bond donors (Lipinski definition) is 1. The van der Waals surface area contributed by atoms with Crippen molar-refractivity contribution in [3.8, 4) is 0 Å². The largest absolute Gasteiger partial charge is 0.311 e. The highest BCUT2D eigenvalue weighted by molar-refractivity contribution is 4.80. The van der Waals surface area contributed by atoms with E-state index in [-0.39, 0.29) is 0 Å². The van der Waals surface area contributed by atoms with Crippen LogP contribution in [0.3, 0.4) is 0 Å². The van der Waals surface area contributed by atoms with Crippen molar-refractivity contribution < 1.29 is 0 Å². The molecule has 1 aliphatic rings. The third kappa shape index (κ3) is 5.71. The van der Waals surface area contributed by atoms with Gasteiger partial charge in [0.25, 0.3) is 0 Å². The Morgan fingerprint density at radius 1 is 1.11 bits per heavy atom. The van der Waals surface area contributed by atoms with E-state index in [9.17, 15) is 0 Å². The SMILES string of the molecule is CCCN1CCC(NC(CC)CC(C)CC)CC1. The maximum Gasteiger partial charge on any atom is 0.00940 e. The Labute approximate surface area is 115 Å². The van der Waals surface area contributed by atoms with Gasteiger partial charge in [-0.05, 0) is 57.7 Å². The minimum absolute atomic E-state index is 0.739. The molecule has 0 aliphatic carbocycles. The molecule has 18 heavy (non-hydrogen) atoms. The average molecular weight is 254 g/mol. The van der Waals surface area contributed by atoms with Gasteiger partial charge in [-0.25, -0.2) is 0 Å². The first kappa shape index (κ1) is 16.0. The van der Waals surface area contributed by atoms with Gasteiger partial charge < -0.3 is 10.2 Å². The highest BCUT2D eigenvalue weighted by atomic mass is 15.1. The van der Waals surface area contributed by atoms with E-state index in [4.69, 9.17) is 0 Å². The minimum Gasteiger partial charge on any atom is -0.311 e. The number of nitrogens with one attached hydrogen (secondary N) is 1. The summed E-state index contributed by atoms with van der Waals surface area (Å²) < 4.78 is 0. The molecule has 0 aromatic heterocycles. The summed E-state index contributed by atoms with van der Waals surface area (Å²) in [5.41, 5.74) is 0. The van der Waals surface area contributed by atoms with Crippen molar-refractivity contribution in [3.05, 3.63) is 0 Å². The van der Waals surface area contributed by atoms with Gasteiger partial charge in [0.1, 0.15) is 0 Å². The van der Waals surface area contributed by atoms with Gasteiger partial charge in [0.05, 0.1) is 0 Å². The first-order valence-electron chi connectivity index (χ1n) is 8.17. The lowest BCUT2D eigenvalue weighted by atomic mass is 9.95. The smallest absolute Gasteiger partial charge is 0.00940 e. The van der Waals surface area contributed by atoms with Gasteiger partial charge in [-0.15, -0.1) is 0 Å². The molecule has 2 unspecified atom stereocenters. The predicted octanol–water partition coefficient (Wildman–Crippen LogP) is 3.67. The Bertz CT molecular complexity index is 197. The van der Waals surface area contributed by atoms with E-state index in [2.05, 4.69) is 37.9 Å². The Kier molecular flexibility index (Phi) is 7.92. The van der Waals surface area contributed by atoms with Crippen molar-refractivity contribution >= 4 is 0 Å². The third-order valence-corrected chi connectivity index (χ3v) is 4.48. The summed E-state index contributed by atoms with van der Waals surface area (Å²) in [6.45, 7) is 13.2. The standard InChI is InChI=1S/C16H34N2/c1-5-10-18-11-8-16(9-12-18)17-15(7-3)13-14(4)6-2/h14-17H,5-13H2,1-4H3. The molecular weight excluding hydrogens is 220 g/mol. The molecule has 1 saturated heterocycles. The van der Waals surface area contributed by atoms with Gasteiger partial charge in [-0.2, -0.15) is 0 Å². The van der Waals surface area contributed by atoms with Crippen LogP contribution in [-0.4, -0.2) is 36.6 Å². The zero-order chi connectivity index (χ0) is 13.4. The fourth-order valence-corrected chi connectivity index (χ4v) is 2.98. The van der Waals surface area contributed by atoms with Gasteiger partial charge in [0.15, 0.2) is 0 Å². The second kappa shape index (κ2) is 8.92. The highest BCUT2D eigenvalue weighted by Gasteiger charge is 2.21. The van der Waals surface area contributed by atoms with E-state index in [1.54, 1.807) is 0 Å². The van der Waals surface area contributed by atoms with Crippen LogP contribution in [0.4, 0.5) is 0 Å². The van der Waals surface area contributed by atoms with Gasteiger partial charge in [-0.1, -0.05) is 34.1 Å². The Morgan fingerprint density at radius 3 is 2.28 bits per heavy atom. The van der Waals surface area contributed by atoms with Crippen LogP contribution in [0.2, 0.25) is 0 Å². The molecule has 1 rings (SSSR count). The number of hydrogen-bond acceptors (Lipinski definition) is 2. The lowest BCUT2D eigenvalue weighted by Gasteiger charge is -2.34. The average Bonchev–Trinajstić information content (AvgIpc) is 2.40. The predicted molar refractivity (Wildman–Crippen MR) is 81.0 cm³/mol.